The molecule has 8 heteroatoms. The molecule has 144 valence electrons. The maximum Gasteiger partial charge on any atom is 0.201 e. The van der Waals surface area contributed by atoms with E-state index < -0.39 is 17.9 Å². The molecule has 2 aromatic carbocycles. The van der Waals surface area contributed by atoms with Crippen LogP contribution < -0.4 is 5.73 Å². The number of nitrogens with two attached hydrogens (primary N) is 1. The van der Waals surface area contributed by atoms with Crippen LogP contribution in [0.1, 0.15) is 43.8 Å². The standard InChI is InChI=1S/C20H17NO7/c21-11-6-14(27-20-19(11)28-20)26-7-8-4-10-16(13(23)5-8)18(25)15-9(17(10)24)2-1-3-12(15)22/h1-5,11,14,19-20,22-23H,6-7,21H2. The SMILES string of the molecule is NC1CC(OCc2cc(O)c3c(c2)C(=O)c2cccc(O)c2C3=O)OC2OC12. The Hall–Kier alpha value is -2.78. The van der Waals surface area contributed by atoms with E-state index in [2.05, 4.69) is 0 Å². The summed E-state index contributed by atoms with van der Waals surface area (Å²) in [4.78, 5) is 25.6. The average Bonchev–Trinajstić information content (AvgIpc) is 3.44. The Morgan fingerprint density at radius 3 is 2.61 bits per heavy atom. The summed E-state index contributed by atoms with van der Waals surface area (Å²) in [5.74, 6) is -1.66. The largest absolute Gasteiger partial charge is 0.507 e. The van der Waals surface area contributed by atoms with Gasteiger partial charge in [0.15, 0.2) is 18.4 Å². The van der Waals surface area contributed by atoms with Crippen molar-refractivity contribution >= 4 is 11.6 Å². The average molecular weight is 383 g/mol. The zero-order valence-corrected chi connectivity index (χ0v) is 14.6. The van der Waals surface area contributed by atoms with E-state index >= 15 is 0 Å². The van der Waals surface area contributed by atoms with E-state index in [9.17, 15) is 19.8 Å². The van der Waals surface area contributed by atoms with Crippen LogP contribution in [0.5, 0.6) is 11.5 Å². The molecule has 4 N–H and O–H groups in total. The highest BCUT2D eigenvalue weighted by atomic mass is 16.8. The van der Waals surface area contributed by atoms with Crippen LogP contribution in [0.4, 0.5) is 0 Å². The van der Waals surface area contributed by atoms with Gasteiger partial charge in [0.2, 0.25) is 5.78 Å². The minimum absolute atomic E-state index is 0.0595. The molecule has 2 fully saturated rings. The second-order valence-corrected chi connectivity index (χ2v) is 7.14. The smallest absolute Gasteiger partial charge is 0.201 e. The molecule has 2 aliphatic heterocycles. The van der Waals surface area contributed by atoms with Gasteiger partial charge >= 0.3 is 0 Å². The van der Waals surface area contributed by atoms with E-state index in [1.807, 2.05) is 0 Å². The monoisotopic (exact) mass is 383 g/mol. The van der Waals surface area contributed by atoms with Crippen molar-refractivity contribution in [3.8, 4) is 11.5 Å². The lowest BCUT2D eigenvalue weighted by molar-refractivity contribution is -0.185. The van der Waals surface area contributed by atoms with E-state index in [1.54, 1.807) is 0 Å². The molecule has 1 aliphatic carbocycles. The molecule has 0 aromatic heterocycles. The lowest BCUT2D eigenvalue weighted by Gasteiger charge is -2.24. The molecule has 5 rings (SSSR count). The zero-order chi connectivity index (χ0) is 19.6. The Labute approximate surface area is 159 Å². The summed E-state index contributed by atoms with van der Waals surface area (Å²) in [5, 5.41) is 20.4. The number of epoxide rings is 1. The number of fused-ring (bicyclic) bond motifs is 3. The van der Waals surface area contributed by atoms with Gasteiger partial charge in [-0.25, -0.2) is 0 Å². The fourth-order valence-electron chi connectivity index (χ4n) is 3.80. The third-order valence-corrected chi connectivity index (χ3v) is 5.25. The Morgan fingerprint density at radius 2 is 1.82 bits per heavy atom. The molecule has 0 spiro atoms. The molecule has 4 atom stereocenters. The van der Waals surface area contributed by atoms with Crippen LogP contribution in [0.15, 0.2) is 30.3 Å². The van der Waals surface area contributed by atoms with Crippen molar-refractivity contribution in [2.75, 3.05) is 0 Å². The van der Waals surface area contributed by atoms with Gasteiger partial charge in [0.1, 0.15) is 17.6 Å². The van der Waals surface area contributed by atoms with Crippen LogP contribution in [-0.4, -0.2) is 46.5 Å². The number of benzene rings is 2. The Balaban J connectivity index is 1.42. The number of carbonyl (C=O) groups excluding carboxylic acids is 2. The Morgan fingerprint density at radius 1 is 1.04 bits per heavy atom. The zero-order valence-electron chi connectivity index (χ0n) is 14.6. The first-order valence-corrected chi connectivity index (χ1v) is 8.89. The van der Waals surface area contributed by atoms with Gasteiger partial charge in [0.25, 0.3) is 0 Å². The first kappa shape index (κ1) is 17.3. The number of phenolic OH excluding ortho intramolecular Hbond substituents is 2. The fraction of sp³-hybridized carbons (Fsp3) is 0.300. The molecule has 2 aromatic rings. The van der Waals surface area contributed by atoms with Gasteiger partial charge < -0.3 is 30.2 Å². The van der Waals surface area contributed by atoms with Gasteiger partial charge in [0, 0.05) is 23.6 Å². The quantitative estimate of drug-likeness (QED) is 0.575. The van der Waals surface area contributed by atoms with Gasteiger partial charge in [-0.15, -0.1) is 0 Å². The fourth-order valence-corrected chi connectivity index (χ4v) is 3.80. The number of hydrogen-bond acceptors (Lipinski definition) is 8. The lowest BCUT2D eigenvalue weighted by Crippen LogP contribution is -2.39. The van der Waals surface area contributed by atoms with Crippen molar-refractivity contribution in [2.45, 2.75) is 37.8 Å². The van der Waals surface area contributed by atoms with E-state index in [4.69, 9.17) is 19.9 Å². The number of carbonyl (C=O) groups is 2. The van der Waals surface area contributed by atoms with Gasteiger partial charge in [-0.1, -0.05) is 12.1 Å². The van der Waals surface area contributed by atoms with E-state index in [0.717, 1.165) is 0 Å². The van der Waals surface area contributed by atoms with Gasteiger partial charge in [-0.3, -0.25) is 9.59 Å². The second-order valence-electron chi connectivity index (χ2n) is 7.14. The van der Waals surface area contributed by atoms with Crippen molar-refractivity contribution < 1.29 is 34.0 Å². The minimum atomic E-state index is -0.592. The molecule has 0 radical (unpaired) electrons. The third-order valence-electron chi connectivity index (χ3n) is 5.25. The maximum absolute atomic E-state index is 12.8. The Kier molecular flexibility index (Phi) is 3.78. The third kappa shape index (κ3) is 2.61. The number of hydrogen-bond donors (Lipinski definition) is 3. The molecular formula is C20H17NO7. The highest BCUT2D eigenvalue weighted by Gasteiger charge is 2.51. The summed E-state index contributed by atoms with van der Waals surface area (Å²) < 4.78 is 16.5. The summed E-state index contributed by atoms with van der Waals surface area (Å²) >= 11 is 0. The van der Waals surface area contributed by atoms with Crippen molar-refractivity contribution in [1.82, 2.24) is 0 Å². The van der Waals surface area contributed by atoms with Crippen molar-refractivity contribution in [1.29, 1.82) is 0 Å². The van der Waals surface area contributed by atoms with Crippen LogP contribution in [0, 0.1) is 0 Å². The molecule has 0 amide bonds. The van der Waals surface area contributed by atoms with Crippen LogP contribution in [0.3, 0.4) is 0 Å². The van der Waals surface area contributed by atoms with Crippen LogP contribution in [-0.2, 0) is 20.8 Å². The molecule has 4 unspecified atom stereocenters. The van der Waals surface area contributed by atoms with E-state index in [0.29, 0.717) is 12.0 Å². The summed E-state index contributed by atoms with van der Waals surface area (Å²) in [7, 11) is 0. The van der Waals surface area contributed by atoms with Crippen molar-refractivity contribution in [2.24, 2.45) is 5.73 Å². The van der Waals surface area contributed by atoms with E-state index in [-0.39, 0.29) is 58.8 Å². The molecule has 2 heterocycles. The van der Waals surface area contributed by atoms with Crippen molar-refractivity contribution in [3.63, 3.8) is 0 Å². The predicted octanol–water partition coefficient (Wildman–Crippen LogP) is 1.19. The number of ketones is 2. The maximum atomic E-state index is 12.8. The highest BCUT2D eigenvalue weighted by Crippen LogP contribution is 2.38. The molecule has 0 bridgehead atoms. The predicted molar refractivity (Wildman–Crippen MR) is 94.0 cm³/mol. The highest BCUT2D eigenvalue weighted by molar-refractivity contribution is 6.30. The topological polar surface area (TPSA) is 132 Å². The molecule has 28 heavy (non-hydrogen) atoms. The summed E-state index contributed by atoms with van der Waals surface area (Å²) in [5.41, 5.74) is 6.44. The molecule has 0 saturated carbocycles. The van der Waals surface area contributed by atoms with Gasteiger partial charge in [0.05, 0.1) is 17.7 Å². The van der Waals surface area contributed by atoms with Crippen LogP contribution in [0.2, 0.25) is 0 Å². The van der Waals surface area contributed by atoms with Crippen LogP contribution >= 0.6 is 0 Å². The van der Waals surface area contributed by atoms with E-state index in [1.165, 1.54) is 30.3 Å². The minimum Gasteiger partial charge on any atom is -0.507 e. The summed E-state index contributed by atoms with van der Waals surface area (Å²) in [6.07, 6.45) is -0.490. The van der Waals surface area contributed by atoms with Crippen LogP contribution in [0.25, 0.3) is 0 Å². The first-order chi connectivity index (χ1) is 13.4. The number of aromatic hydroxyl groups is 2. The van der Waals surface area contributed by atoms with Gasteiger partial charge in [-0.05, 0) is 23.8 Å². The normalized spacial score (nSPS) is 27.8. The molecular weight excluding hydrogens is 366 g/mol. The number of ether oxygens (including phenoxy) is 3. The Bertz CT molecular complexity index is 1020. The first-order valence-electron chi connectivity index (χ1n) is 8.89. The second kappa shape index (κ2) is 6.11. The molecule has 8 nitrogen and oxygen atoms in total. The molecule has 3 aliphatic rings. The number of rotatable bonds is 3. The molecule has 2 saturated heterocycles. The van der Waals surface area contributed by atoms with Gasteiger partial charge in [-0.2, -0.15) is 0 Å². The summed E-state index contributed by atoms with van der Waals surface area (Å²) in [6.45, 7) is 0.0595. The number of phenols is 2. The summed E-state index contributed by atoms with van der Waals surface area (Å²) in [6, 6.07) is 7.02. The lowest BCUT2D eigenvalue weighted by atomic mass is 9.82. The van der Waals surface area contributed by atoms with Crippen molar-refractivity contribution in [3.05, 3.63) is 58.1 Å².